The number of hydrogen-bond acceptors (Lipinski definition) is 4. The number of carbonyl (C=O) groups excluding carboxylic acids is 1. The fourth-order valence-corrected chi connectivity index (χ4v) is 3.49. The molecule has 3 rings (SSSR count). The Morgan fingerprint density at radius 1 is 1.33 bits per heavy atom. The molecule has 0 radical (unpaired) electrons. The van der Waals surface area contributed by atoms with Crippen LogP contribution >= 0.6 is 0 Å². The van der Waals surface area contributed by atoms with Crippen LogP contribution in [0.15, 0.2) is 18.2 Å². The number of morpholine rings is 1. The number of rotatable bonds is 5. The highest BCUT2D eigenvalue weighted by Crippen LogP contribution is 2.44. The van der Waals surface area contributed by atoms with E-state index in [0.717, 1.165) is 16.9 Å². The van der Waals surface area contributed by atoms with E-state index in [9.17, 15) is 4.79 Å². The van der Waals surface area contributed by atoms with E-state index in [4.69, 9.17) is 14.2 Å². The Morgan fingerprint density at radius 3 is 2.71 bits per heavy atom. The monoisotopic (exact) mass is 333 g/mol. The third kappa shape index (κ3) is 3.73. The van der Waals surface area contributed by atoms with Crippen molar-refractivity contribution < 1.29 is 19.0 Å². The summed E-state index contributed by atoms with van der Waals surface area (Å²) < 4.78 is 16.7. The highest BCUT2D eigenvalue weighted by atomic mass is 16.5. The third-order valence-electron chi connectivity index (χ3n) is 4.61. The second-order valence-electron chi connectivity index (χ2n) is 7.37. The topological polar surface area (TPSA) is 48.0 Å². The minimum Gasteiger partial charge on any atom is -0.496 e. The van der Waals surface area contributed by atoms with E-state index in [1.165, 1.54) is 12.8 Å². The lowest BCUT2D eigenvalue weighted by molar-refractivity contribution is -0.143. The first-order valence-electron chi connectivity index (χ1n) is 8.57. The minimum atomic E-state index is -0.372. The van der Waals surface area contributed by atoms with Crippen LogP contribution in [0.1, 0.15) is 48.5 Å². The van der Waals surface area contributed by atoms with Gasteiger partial charge in [-0.3, -0.25) is 4.79 Å². The van der Waals surface area contributed by atoms with E-state index in [1.54, 1.807) is 14.2 Å². The number of nitrogens with zero attached hydrogens (tertiary/aromatic N) is 1. The highest BCUT2D eigenvalue weighted by molar-refractivity contribution is 5.95. The summed E-state index contributed by atoms with van der Waals surface area (Å²) >= 11 is 0. The number of ether oxygens (including phenoxy) is 3. The van der Waals surface area contributed by atoms with Gasteiger partial charge in [-0.15, -0.1) is 0 Å². The average Bonchev–Trinajstić information content (AvgIpc) is 3.37. The summed E-state index contributed by atoms with van der Waals surface area (Å²) in [5.41, 5.74) is 1.51. The Balaban J connectivity index is 1.81. The molecular formula is C19H27NO4. The van der Waals surface area contributed by atoms with Crippen molar-refractivity contribution in [1.29, 1.82) is 0 Å². The van der Waals surface area contributed by atoms with Crippen molar-refractivity contribution >= 4 is 5.91 Å². The predicted molar refractivity (Wildman–Crippen MR) is 91.7 cm³/mol. The normalized spacial score (nSPS) is 23.2. The predicted octanol–water partition coefficient (Wildman–Crippen LogP) is 2.84. The van der Waals surface area contributed by atoms with Crippen molar-refractivity contribution in [3.63, 3.8) is 0 Å². The van der Waals surface area contributed by atoms with Gasteiger partial charge in [-0.2, -0.15) is 0 Å². The molecule has 0 bridgehead atoms. The molecule has 0 spiro atoms. The Labute approximate surface area is 143 Å². The molecule has 1 saturated heterocycles. The van der Waals surface area contributed by atoms with Gasteiger partial charge in [0.25, 0.3) is 5.91 Å². The van der Waals surface area contributed by atoms with Crippen LogP contribution in [-0.4, -0.2) is 56.4 Å². The van der Waals surface area contributed by atoms with Gasteiger partial charge in [0.15, 0.2) is 0 Å². The van der Waals surface area contributed by atoms with Crippen molar-refractivity contribution in [2.45, 2.75) is 44.3 Å². The van der Waals surface area contributed by atoms with Crippen molar-refractivity contribution in [2.24, 2.45) is 0 Å². The molecule has 1 aromatic rings. The molecule has 1 aliphatic heterocycles. The molecule has 0 aromatic heterocycles. The second-order valence-corrected chi connectivity index (χ2v) is 7.37. The fraction of sp³-hybridized carbons (Fsp3) is 0.632. The van der Waals surface area contributed by atoms with E-state index < -0.39 is 0 Å². The van der Waals surface area contributed by atoms with Crippen LogP contribution in [0.5, 0.6) is 5.75 Å². The molecule has 1 amide bonds. The Morgan fingerprint density at radius 2 is 2.08 bits per heavy atom. The van der Waals surface area contributed by atoms with Gasteiger partial charge in [-0.05, 0) is 56.4 Å². The maximum atomic E-state index is 13.0. The summed E-state index contributed by atoms with van der Waals surface area (Å²) in [6.45, 7) is 5.65. The van der Waals surface area contributed by atoms with E-state index in [1.807, 2.05) is 36.9 Å². The quantitative estimate of drug-likeness (QED) is 0.831. The van der Waals surface area contributed by atoms with Crippen molar-refractivity contribution in [3.8, 4) is 5.75 Å². The van der Waals surface area contributed by atoms with Crippen molar-refractivity contribution in [1.82, 2.24) is 4.90 Å². The van der Waals surface area contributed by atoms with E-state index in [-0.39, 0.29) is 17.6 Å². The van der Waals surface area contributed by atoms with E-state index in [0.29, 0.717) is 25.6 Å². The number of hydrogen-bond donors (Lipinski definition) is 0. The average molecular weight is 333 g/mol. The van der Waals surface area contributed by atoms with Gasteiger partial charge in [0, 0.05) is 25.8 Å². The van der Waals surface area contributed by atoms with Crippen molar-refractivity contribution in [2.75, 3.05) is 33.9 Å². The third-order valence-corrected chi connectivity index (χ3v) is 4.61. The van der Waals surface area contributed by atoms with Gasteiger partial charge in [0.2, 0.25) is 0 Å². The second kappa shape index (κ2) is 6.73. The number of methoxy groups -OCH3 is 2. The molecule has 2 aliphatic rings. The smallest absolute Gasteiger partial charge is 0.254 e. The lowest BCUT2D eigenvalue weighted by Crippen LogP contribution is -2.55. The van der Waals surface area contributed by atoms with Crippen LogP contribution in [0.3, 0.4) is 0 Å². The van der Waals surface area contributed by atoms with Gasteiger partial charge < -0.3 is 19.1 Å². The van der Waals surface area contributed by atoms with Gasteiger partial charge in [0.05, 0.1) is 25.4 Å². The van der Waals surface area contributed by atoms with Crippen LogP contribution < -0.4 is 4.74 Å². The first-order chi connectivity index (χ1) is 11.4. The number of carbonyl (C=O) groups is 1. The summed E-state index contributed by atoms with van der Waals surface area (Å²) in [6, 6.07) is 5.78. The molecular weight excluding hydrogens is 306 g/mol. The molecule has 24 heavy (non-hydrogen) atoms. The van der Waals surface area contributed by atoms with Crippen LogP contribution in [0.2, 0.25) is 0 Å². The van der Waals surface area contributed by atoms with Crippen LogP contribution in [0, 0.1) is 0 Å². The van der Waals surface area contributed by atoms with Gasteiger partial charge in [-0.25, -0.2) is 0 Å². The maximum Gasteiger partial charge on any atom is 0.254 e. The molecule has 1 heterocycles. The Bertz CT molecular complexity index is 609. The summed E-state index contributed by atoms with van der Waals surface area (Å²) in [7, 11) is 3.34. The van der Waals surface area contributed by atoms with Crippen LogP contribution in [-0.2, 0) is 9.47 Å². The van der Waals surface area contributed by atoms with Crippen LogP contribution in [0.4, 0.5) is 0 Å². The minimum absolute atomic E-state index is 0.0528. The SMILES string of the molecule is COC[C@@H]1CN(C(=O)c2ccc(OC)c(C3CC3)c2)CC(C)(C)O1. The molecule has 0 unspecified atom stereocenters. The van der Waals surface area contributed by atoms with Crippen molar-refractivity contribution in [3.05, 3.63) is 29.3 Å². The summed E-state index contributed by atoms with van der Waals surface area (Å²) in [6.07, 6.45) is 2.26. The Kier molecular flexibility index (Phi) is 4.83. The number of amides is 1. The largest absolute Gasteiger partial charge is 0.496 e. The van der Waals surface area contributed by atoms with Gasteiger partial charge in [0.1, 0.15) is 5.75 Å². The molecule has 0 N–H and O–H groups in total. The zero-order chi connectivity index (χ0) is 17.3. The molecule has 1 atom stereocenters. The molecule has 1 aliphatic carbocycles. The zero-order valence-electron chi connectivity index (χ0n) is 15.0. The molecule has 1 aromatic carbocycles. The maximum absolute atomic E-state index is 13.0. The standard InChI is InChI=1S/C19H27NO4/c1-19(2)12-20(10-15(24-19)11-22-3)18(21)14-7-8-17(23-4)16(9-14)13-5-6-13/h7-9,13,15H,5-6,10-12H2,1-4H3/t15-/m0/s1. The molecule has 2 fully saturated rings. The molecule has 1 saturated carbocycles. The first kappa shape index (κ1) is 17.2. The van der Waals surface area contributed by atoms with Crippen LogP contribution in [0.25, 0.3) is 0 Å². The number of benzene rings is 1. The lowest BCUT2D eigenvalue weighted by atomic mass is 10.0. The zero-order valence-corrected chi connectivity index (χ0v) is 15.0. The first-order valence-corrected chi connectivity index (χ1v) is 8.57. The summed E-state index contributed by atoms with van der Waals surface area (Å²) in [5.74, 6) is 1.47. The van der Waals surface area contributed by atoms with E-state index in [2.05, 4.69) is 0 Å². The summed E-state index contributed by atoms with van der Waals surface area (Å²) in [5, 5.41) is 0. The molecule has 5 nitrogen and oxygen atoms in total. The Hall–Kier alpha value is -1.59. The lowest BCUT2D eigenvalue weighted by Gasteiger charge is -2.42. The summed E-state index contributed by atoms with van der Waals surface area (Å²) in [4.78, 5) is 14.9. The molecule has 5 heteroatoms. The fourth-order valence-electron chi connectivity index (χ4n) is 3.49. The molecule has 132 valence electrons. The van der Waals surface area contributed by atoms with E-state index >= 15 is 0 Å². The van der Waals surface area contributed by atoms with Gasteiger partial charge >= 0.3 is 0 Å². The van der Waals surface area contributed by atoms with Gasteiger partial charge in [-0.1, -0.05) is 0 Å². The highest BCUT2D eigenvalue weighted by Gasteiger charge is 2.36.